The van der Waals surface area contributed by atoms with Gasteiger partial charge in [-0.2, -0.15) is 0 Å². The van der Waals surface area contributed by atoms with Crippen LogP contribution in [0.1, 0.15) is 52.0 Å². The number of carboxylic acids is 1. The van der Waals surface area contributed by atoms with Crippen LogP contribution >= 0.6 is 35.1 Å². The summed E-state index contributed by atoms with van der Waals surface area (Å²) in [4.78, 5) is 31.0. The van der Waals surface area contributed by atoms with Crippen LogP contribution < -0.4 is 5.32 Å². The Morgan fingerprint density at radius 3 is 2.68 bits per heavy atom. The van der Waals surface area contributed by atoms with Crippen LogP contribution in [0.2, 0.25) is 5.02 Å². The Balaban J connectivity index is 1.54. The maximum Gasteiger partial charge on any atom is 0.323 e. The van der Waals surface area contributed by atoms with Gasteiger partial charge in [0, 0.05) is 17.6 Å². The number of benzene rings is 1. The van der Waals surface area contributed by atoms with Crippen molar-refractivity contribution >= 4 is 52.3 Å². The lowest BCUT2D eigenvalue weighted by Crippen LogP contribution is -2.49. The summed E-state index contributed by atoms with van der Waals surface area (Å²) in [5.74, 6) is -0.173. The SMILES string of the molecule is CC(C)(SC1CN=C(NC(=O)N(CCOCc2ccccc2Cl)[C@H]2CC[C@H](C)CC2)S1)C(=O)O. The zero-order valence-corrected chi connectivity index (χ0v) is 22.3. The second-order valence-electron chi connectivity index (χ2n) is 9.31. The van der Waals surface area contributed by atoms with E-state index < -0.39 is 10.7 Å². The van der Waals surface area contributed by atoms with E-state index in [-0.39, 0.29) is 16.7 Å². The zero-order chi connectivity index (χ0) is 24.7. The van der Waals surface area contributed by atoms with Crippen LogP contribution in [0, 0.1) is 5.92 Å². The summed E-state index contributed by atoms with van der Waals surface area (Å²) in [7, 11) is 0. The summed E-state index contributed by atoms with van der Waals surface area (Å²) >= 11 is 8.99. The lowest BCUT2D eigenvalue weighted by Gasteiger charge is -2.36. The second kappa shape index (κ2) is 12.5. The van der Waals surface area contributed by atoms with E-state index in [2.05, 4.69) is 17.2 Å². The van der Waals surface area contributed by atoms with Gasteiger partial charge in [-0.25, -0.2) is 4.79 Å². The molecule has 34 heavy (non-hydrogen) atoms. The number of halogens is 1. The summed E-state index contributed by atoms with van der Waals surface area (Å²) in [5, 5.41) is 13.6. The third kappa shape index (κ3) is 7.80. The molecule has 7 nitrogen and oxygen atoms in total. The van der Waals surface area contributed by atoms with Crippen molar-refractivity contribution in [1.82, 2.24) is 10.2 Å². The number of thioether (sulfide) groups is 2. The molecule has 1 aliphatic heterocycles. The molecule has 1 saturated carbocycles. The number of amidine groups is 1. The normalized spacial score (nSPS) is 22.8. The number of nitrogens with one attached hydrogen (secondary N) is 1. The molecule has 3 rings (SSSR count). The molecular formula is C24H34ClN3O4S2. The van der Waals surface area contributed by atoms with Gasteiger partial charge < -0.3 is 14.7 Å². The predicted octanol–water partition coefficient (Wildman–Crippen LogP) is 5.47. The minimum absolute atomic E-state index is 0.0377. The number of hydrogen-bond donors (Lipinski definition) is 2. The summed E-state index contributed by atoms with van der Waals surface area (Å²) in [6, 6.07) is 7.59. The number of carbonyl (C=O) groups excluding carboxylic acids is 1. The van der Waals surface area contributed by atoms with Gasteiger partial charge in [-0.05, 0) is 57.1 Å². The Morgan fingerprint density at radius 1 is 1.29 bits per heavy atom. The van der Waals surface area contributed by atoms with Crippen LogP contribution in [0.5, 0.6) is 0 Å². The van der Waals surface area contributed by atoms with Gasteiger partial charge in [-0.1, -0.05) is 48.5 Å². The van der Waals surface area contributed by atoms with E-state index >= 15 is 0 Å². The van der Waals surface area contributed by atoms with Gasteiger partial charge in [-0.15, -0.1) is 11.8 Å². The van der Waals surface area contributed by atoms with E-state index in [1.807, 2.05) is 29.2 Å². The van der Waals surface area contributed by atoms with Crippen molar-refractivity contribution in [2.45, 2.75) is 68.4 Å². The van der Waals surface area contributed by atoms with Crippen molar-refractivity contribution in [3.8, 4) is 0 Å². The van der Waals surface area contributed by atoms with Crippen molar-refractivity contribution in [3.05, 3.63) is 34.9 Å². The lowest BCUT2D eigenvalue weighted by molar-refractivity contribution is -0.138. The summed E-state index contributed by atoms with van der Waals surface area (Å²) in [5.41, 5.74) is 0.927. The largest absolute Gasteiger partial charge is 0.480 e. The Labute approximate surface area is 215 Å². The third-order valence-electron chi connectivity index (χ3n) is 6.16. The molecular weight excluding hydrogens is 494 g/mol. The fourth-order valence-corrected chi connectivity index (χ4v) is 6.97. The van der Waals surface area contributed by atoms with Gasteiger partial charge in [0.1, 0.15) is 4.75 Å². The molecule has 2 N–H and O–H groups in total. The maximum atomic E-state index is 13.2. The number of ether oxygens (including phenoxy) is 1. The van der Waals surface area contributed by atoms with E-state index in [0.29, 0.717) is 42.4 Å². The number of rotatable bonds is 9. The number of aliphatic carboxylic acids is 1. The average molecular weight is 528 g/mol. The monoisotopic (exact) mass is 527 g/mol. The van der Waals surface area contributed by atoms with Crippen LogP contribution in [0.15, 0.2) is 29.3 Å². The van der Waals surface area contributed by atoms with Crippen molar-refractivity contribution in [1.29, 1.82) is 0 Å². The number of urea groups is 1. The summed E-state index contributed by atoms with van der Waals surface area (Å²) < 4.78 is 4.91. The van der Waals surface area contributed by atoms with Crippen LogP contribution in [0.4, 0.5) is 4.79 Å². The number of aliphatic imine (C=N–C) groups is 1. The molecule has 188 valence electrons. The van der Waals surface area contributed by atoms with Crippen molar-refractivity contribution < 1.29 is 19.4 Å². The number of hydrogen-bond acceptors (Lipinski definition) is 6. The molecule has 1 heterocycles. The third-order valence-corrected chi connectivity index (χ3v) is 9.15. The molecule has 2 amide bonds. The summed E-state index contributed by atoms with van der Waals surface area (Å²) in [6.45, 7) is 7.40. The van der Waals surface area contributed by atoms with Gasteiger partial charge in [0.05, 0.1) is 24.3 Å². The second-order valence-corrected chi connectivity index (χ2v) is 13.0. The molecule has 0 spiro atoms. The van der Waals surface area contributed by atoms with Crippen molar-refractivity contribution in [2.24, 2.45) is 10.9 Å². The first-order valence-corrected chi connectivity index (χ1v) is 13.8. The molecule has 2 aliphatic rings. The molecule has 10 heteroatoms. The molecule has 0 saturated heterocycles. The molecule has 0 bridgehead atoms. The highest BCUT2D eigenvalue weighted by atomic mass is 35.5. The lowest BCUT2D eigenvalue weighted by atomic mass is 9.86. The average Bonchev–Trinajstić information content (AvgIpc) is 3.21. The zero-order valence-electron chi connectivity index (χ0n) is 20.0. The van der Waals surface area contributed by atoms with E-state index in [0.717, 1.165) is 31.2 Å². The highest BCUT2D eigenvalue weighted by Crippen LogP contribution is 2.38. The van der Waals surface area contributed by atoms with Crippen molar-refractivity contribution in [3.63, 3.8) is 0 Å². The number of carbonyl (C=O) groups is 2. The first-order chi connectivity index (χ1) is 16.2. The fourth-order valence-electron chi connectivity index (χ4n) is 3.99. The van der Waals surface area contributed by atoms with Gasteiger partial charge in [0.15, 0.2) is 5.17 Å². The summed E-state index contributed by atoms with van der Waals surface area (Å²) in [6.07, 6.45) is 4.16. The highest BCUT2D eigenvalue weighted by Gasteiger charge is 2.35. The highest BCUT2D eigenvalue weighted by molar-refractivity contribution is 8.25. The van der Waals surface area contributed by atoms with E-state index in [1.165, 1.54) is 23.5 Å². The van der Waals surface area contributed by atoms with Gasteiger partial charge in [0.25, 0.3) is 0 Å². The van der Waals surface area contributed by atoms with Crippen molar-refractivity contribution in [2.75, 3.05) is 19.7 Å². The Hall–Kier alpha value is -1.42. The maximum absolute atomic E-state index is 13.2. The Bertz CT molecular complexity index is 891. The topological polar surface area (TPSA) is 91.2 Å². The fraction of sp³-hybridized carbons (Fsp3) is 0.625. The van der Waals surface area contributed by atoms with Crippen LogP contribution in [-0.4, -0.2) is 62.2 Å². The standard InChI is InChI=1S/C24H34ClN3O4S2/c1-16-8-10-18(11-9-16)28(12-13-32-15-17-6-4-5-7-19(17)25)23(31)27-22-26-14-20(33-22)34-24(2,3)21(29)30/h4-7,16,18,20H,8-15H2,1-3H3,(H,29,30)(H,26,27,31)/t16-,18-,20?. The van der Waals surface area contributed by atoms with E-state index in [4.69, 9.17) is 16.3 Å². The smallest absolute Gasteiger partial charge is 0.323 e. The number of carboxylic acid groups (broad SMARTS) is 1. The Morgan fingerprint density at radius 2 is 2.00 bits per heavy atom. The first kappa shape index (κ1) is 27.2. The minimum Gasteiger partial charge on any atom is -0.480 e. The molecule has 0 radical (unpaired) electrons. The van der Waals surface area contributed by atoms with Gasteiger partial charge >= 0.3 is 12.0 Å². The van der Waals surface area contributed by atoms with Crippen LogP contribution in [0.3, 0.4) is 0 Å². The number of amides is 2. The van der Waals surface area contributed by atoms with Gasteiger partial charge in [-0.3, -0.25) is 15.1 Å². The Kier molecular flexibility index (Phi) is 10.0. The quantitative estimate of drug-likeness (QED) is 0.414. The number of nitrogens with zero attached hydrogens (tertiary/aromatic N) is 2. The first-order valence-electron chi connectivity index (χ1n) is 11.7. The van der Waals surface area contributed by atoms with Crippen LogP contribution in [0.25, 0.3) is 0 Å². The van der Waals surface area contributed by atoms with E-state index in [1.54, 1.807) is 13.8 Å². The molecule has 1 fully saturated rings. The molecule has 1 atom stereocenters. The molecule has 1 unspecified atom stereocenters. The predicted molar refractivity (Wildman–Crippen MR) is 141 cm³/mol. The molecule has 0 aromatic heterocycles. The minimum atomic E-state index is -0.906. The molecule has 1 aromatic rings. The van der Waals surface area contributed by atoms with E-state index in [9.17, 15) is 14.7 Å². The van der Waals surface area contributed by atoms with Crippen LogP contribution in [-0.2, 0) is 16.1 Å². The molecule has 1 aliphatic carbocycles. The van der Waals surface area contributed by atoms with Gasteiger partial charge in [0.2, 0.25) is 0 Å². The molecule has 1 aromatic carbocycles.